The molecule has 2 aromatic rings. The van der Waals surface area contributed by atoms with Crippen molar-refractivity contribution in [2.24, 2.45) is 5.73 Å². The number of nitrogens with one attached hydrogen (secondary N) is 8. The van der Waals surface area contributed by atoms with Gasteiger partial charge in [-0.3, -0.25) is 67.1 Å². The van der Waals surface area contributed by atoms with Crippen molar-refractivity contribution in [1.82, 2.24) is 52.1 Å². The highest BCUT2D eigenvalue weighted by Crippen LogP contribution is 2.43. The molecule has 0 aliphatic heterocycles. The quantitative estimate of drug-likeness (QED) is 0.0245. The van der Waals surface area contributed by atoms with Gasteiger partial charge in [-0.05, 0) is 115 Å². The molecule has 33 nitrogen and oxygen atoms in total. The molecule has 0 saturated carbocycles. The monoisotopic (exact) mass is 1500 g/mol. The Kier molecular flexibility index (Phi) is 34.4. The standard InChI is InChI=1S/C51H69Br4N11O22/c52-39-40(53)42(55)44-43(41(39)54)58-23-66(44)16-10-3-1-2-5-12-31(67)57-15-9-4-6-13-32(68)59-25(17-33(69)70)45(81)61-27(19-35(73)74)47(83)63-29(21-37(77)78)49(85)65-30(22-38(79)80)50(86)64-28(20-36(75)76)48(84)62-26(18-34(71)72)46(82)60-24(51(87)88)11-7-8-14-56/h23-30H,1-22,56H2,(H,57,67)(H,59,68)(H,60,82)(H,61,81)(H,62,84)(H,63,83)(H,64,86)(H,65,85)(H,69,70)(H,71,72)(H,73,74)(H,75,76)(H,77,78)(H,79,80)(H,87,88)/t24-,25+,26-,27-,28-,29-,30-/m0/s1. The summed E-state index contributed by atoms with van der Waals surface area (Å²) >= 11 is 14.3. The van der Waals surface area contributed by atoms with Crippen LogP contribution in [0.3, 0.4) is 0 Å². The summed E-state index contributed by atoms with van der Waals surface area (Å²) in [7, 11) is 0. The molecular weight excluding hydrogens is 1440 g/mol. The van der Waals surface area contributed by atoms with E-state index in [4.69, 9.17) is 5.73 Å². The molecule has 2 rings (SSSR count). The van der Waals surface area contributed by atoms with E-state index in [9.17, 15) is 108 Å². The molecule has 0 unspecified atom stereocenters. The maximum atomic E-state index is 13.6. The van der Waals surface area contributed by atoms with Crippen LogP contribution in [-0.2, 0) is 78.5 Å². The lowest BCUT2D eigenvalue weighted by Crippen LogP contribution is -2.61. The van der Waals surface area contributed by atoms with Gasteiger partial charge in [0.05, 0.1) is 59.3 Å². The molecule has 0 saturated heterocycles. The van der Waals surface area contributed by atoms with Gasteiger partial charge in [0.1, 0.15) is 47.8 Å². The number of fused-ring (bicyclic) bond motifs is 1. The summed E-state index contributed by atoms with van der Waals surface area (Å²) in [6, 6.07) is -14.9. The SMILES string of the molecule is NCCCC[C@H](NC(=O)[C@H](CC(=O)O)NC(=O)[C@H](CC(=O)O)NC(=O)[C@H](CC(=O)O)NC(=O)[C@H](CC(=O)O)NC(=O)[C@H](CC(=O)O)NC(=O)[C@@H](CC(=O)O)NC(=O)CCCCCNC(=O)CCCCCCCn1cnc2c(Br)c(Br)c(Br)c(Br)c21)C(=O)O. The Balaban J connectivity index is 2.04. The smallest absolute Gasteiger partial charge is 0.326 e. The number of carboxylic acids is 7. The van der Waals surface area contributed by atoms with Crippen molar-refractivity contribution < 1.29 is 108 Å². The number of amides is 8. The van der Waals surface area contributed by atoms with E-state index in [0.717, 1.165) is 61.2 Å². The van der Waals surface area contributed by atoms with E-state index < -0.39 is 164 Å². The van der Waals surface area contributed by atoms with Crippen molar-refractivity contribution >= 4 is 164 Å². The van der Waals surface area contributed by atoms with Crippen LogP contribution in [0.2, 0.25) is 0 Å². The molecule has 0 bridgehead atoms. The second kappa shape index (κ2) is 39.5. The van der Waals surface area contributed by atoms with Crippen molar-refractivity contribution in [3.63, 3.8) is 0 Å². The highest BCUT2D eigenvalue weighted by molar-refractivity contribution is 9.15. The number of benzene rings is 1. The maximum Gasteiger partial charge on any atom is 0.326 e. The molecule has 8 amide bonds. The molecule has 0 radical (unpaired) electrons. The number of carboxylic acid groups (broad SMARTS) is 7. The van der Waals surface area contributed by atoms with E-state index in [1.807, 2.05) is 26.6 Å². The van der Waals surface area contributed by atoms with Crippen molar-refractivity contribution in [3.05, 3.63) is 24.2 Å². The number of aliphatic carboxylic acids is 7. The van der Waals surface area contributed by atoms with Crippen LogP contribution in [-0.4, -0.2) is 190 Å². The van der Waals surface area contributed by atoms with E-state index in [2.05, 4.69) is 83.9 Å². The number of aryl methyl sites for hydroxylation is 1. The van der Waals surface area contributed by atoms with Crippen LogP contribution in [0.4, 0.5) is 0 Å². The number of aromatic nitrogens is 2. The minimum atomic E-state index is -2.37. The van der Waals surface area contributed by atoms with Crippen molar-refractivity contribution in [2.75, 3.05) is 13.1 Å². The number of nitrogens with zero attached hydrogens (tertiary/aromatic N) is 2. The molecule has 7 atom stereocenters. The van der Waals surface area contributed by atoms with Gasteiger partial charge in [0, 0.05) is 34.9 Å². The summed E-state index contributed by atoms with van der Waals surface area (Å²) in [6.45, 7) is 1.20. The van der Waals surface area contributed by atoms with Crippen LogP contribution in [0.5, 0.6) is 0 Å². The van der Waals surface area contributed by atoms with Gasteiger partial charge in [0.2, 0.25) is 47.3 Å². The van der Waals surface area contributed by atoms with Crippen molar-refractivity contribution in [1.29, 1.82) is 0 Å². The average Bonchev–Trinajstić information content (AvgIpc) is 2.01. The molecule has 0 spiro atoms. The molecule has 0 aliphatic rings. The second-order valence-electron chi connectivity index (χ2n) is 19.8. The zero-order valence-electron chi connectivity index (χ0n) is 46.9. The lowest BCUT2D eigenvalue weighted by atomic mass is 10.1. The van der Waals surface area contributed by atoms with Gasteiger partial charge in [-0.25, -0.2) is 9.78 Å². The van der Waals surface area contributed by atoms with Crippen molar-refractivity contribution in [2.45, 2.75) is 171 Å². The summed E-state index contributed by atoms with van der Waals surface area (Å²) < 4.78 is 5.51. The van der Waals surface area contributed by atoms with Crippen LogP contribution >= 0.6 is 63.7 Å². The molecule has 17 N–H and O–H groups in total. The first kappa shape index (κ1) is 76.7. The molecule has 488 valence electrons. The minimum Gasteiger partial charge on any atom is -0.481 e. The molecule has 1 aromatic carbocycles. The number of unbranched alkanes of at least 4 members (excludes halogenated alkanes) is 7. The third kappa shape index (κ3) is 28.2. The summed E-state index contributed by atoms with van der Waals surface area (Å²) in [5.74, 6) is -22.6. The van der Waals surface area contributed by atoms with Crippen LogP contribution in [0.25, 0.3) is 11.0 Å². The van der Waals surface area contributed by atoms with Gasteiger partial charge in [-0.1, -0.05) is 25.7 Å². The molecule has 88 heavy (non-hydrogen) atoms. The number of halogens is 4. The first-order valence-corrected chi connectivity index (χ1v) is 30.3. The van der Waals surface area contributed by atoms with Gasteiger partial charge in [-0.15, -0.1) is 0 Å². The minimum absolute atomic E-state index is 0.155. The lowest BCUT2D eigenvalue weighted by molar-refractivity contribution is -0.145. The number of rotatable bonds is 44. The zero-order valence-corrected chi connectivity index (χ0v) is 53.3. The molecule has 1 heterocycles. The average molecular weight is 1510 g/mol. The predicted molar refractivity (Wildman–Crippen MR) is 317 cm³/mol. The second-order valence-corrected chi connectivity index (χ2v) is 22.9. The molecular formula is C51H69Br4N11O22. The highest BCUT2D eigenvalue weighted by atomic mass is 79.9. The Morgan fingerprint density at radius 1 is 0.409 bits per heavy atom. The van der Waals surface area contributed by atoms with E-state index in [-0.39, 0.29) is 44.7 Å². The van der Waals surface area contributed by atoms with Gasteiger partial charge >= 0.3 is 41.8 Å². The first-order chi connectivity index (χ1) is 41.4. The summed E-state index contributed by atoms with van der Waals surface area (Å²) in [6.07, 6.45) is -0.283. The topological polar surface area (TPSA) is 538 Å². The van der Waals surface area contributed by atoms with E-state index >= 15 is 0 Å². The maximum absolute atomic E-state index is 13.6. The van der Waals surface area contributed by atoms with Crippen LogP contribution in [0.15, 0.2) is 24.2 Å². The molecule has 1 aromatic heterocycles. The fraction of sp³-hybridized carbons (Fsp3) is 0.569. The Labute approximate surface area is 534 Å². The number of hydrogen-bond acceptors (Lipinski definition) is 17. The highest BCUT2D eigenvalue weighted by Gasteiger charge is 2.37. The number of hydrogen-bond donors (Lipinski definition) is 16. The number of imidazole rings is 1. The molecule has 37 heteroatoms. The fourth-order valence-electron chi connectivity index (χ4n) is 8.30. The van der Waals surface area contributed by atoms with Gasteiger partial charge in [0.25, 0.3) is 0 Å². The van der Waals surface area contributed by atoms with Crippen molar-refractivity contribution in [3.8, 4) is 0 Å². The number of carbonyl (C=O) groups is 15. The summed E-state index contributed by atoms with van der Waals surface area (Å²) in [5, 5.41) is 83.1. The van der Waals surface area contributed by atoms with E-state index in [1.54, 1.807) is 11.6 Å². The first-order valence-electron chi connectivity index (χ1n) is 27.2. The Bertz CT molecular complexity index is 2900. The van der Waals surface area contributed by atoms with Gasteiger partial charge in [-0.2, -0.15) is 0 Å². The lowest BCUT2D eigenvalue weighted by Gasteiger charge is -2.26. The third-order valence-electron chi connectivity index (χ3n) is 12.7. The fourth-order valence-corrected chi connectivity index (χ4v) is 10.7. The van der Waals surface area contributed by atoms with E-state index in [1.165, 1.54) is 0 Å². The largest absolute Gasteiger partial charge is 0.481 e. The Morgan fingerprint density at radius 2 is 0.750 bits per heavy atom. The van der Waals surface area contributed by atoms with Gasteiger partial charge in [0.15, 0.2) is 0 Å². The Hall–Kier alpha value is -7.38. The van der Waals surface area contributed by atoms with Gasteiger partial charge < -0.3 is 88.6 Å². The van der Waals surface area contributed by atoms with Crippen LogP contribution in [0.1, 0.15) is 122 Å². The molecule has 0 aliphatic carbocycles. The van der Waals surface area contributed by atoms with Crippen LogP contribution < -0.4 is 48.3 Å². The van der Waals surface area contributed by atoms with E-state index in [0.29, 0.717) is 32.1 Å². The summed E-state index contributed by atoms with van der Waals surface area (Å²) in [5.41, 5.74) is 7.18. The summed E-state index contributed by atoms with van der Waals surface area (Å²) in [4.78, 5) is 193. The normalized spacial score (nSPS) is 13.4. The zero-order chi connectivity index (χ0) is 66.4. The Morgan fingerprint density at radius 3 is 1.14 bits per heavy atom. The molecule has 0 fully saturated rings. The third-order valence-corrected chi connectivity index (χ3v) is 17.4. The predicted octanol–water partition coefficient (Wildman–Crippen LogP) is 0.559. The number of nitrogens with two attached hydrogens (primary N) is 1. The van der Waals surface area contributed by atoms with Crippen LogP contribution in [0, 0.1) is 0 Å². The number of carbonyl (C=O) groups excluding carboxylic acids is 8.